The maximum absolute atomic E-state index is 5.82. The summed E-state index contributed by atoms with van der Waals surface area (Å²) in [7, 11) is 0. The molecule has 0 atom stereocenters. The zero-order valence-corrected chi connectivity index (χ0v) is 9.85. The summed E-state index contributed by atoms with van der Waals surface area (Å²) in [5.74, 6) is 2.69. The second kappa shape index (κ2) is 3.70. The van der Waals surface area contributed by atoms with Gasteiger partial charge in [0.25, 0.3) is 11.8 Å². The second-order valence-corrected chi connectivity index (χ2v) is 4.58. The number of ether oxygens (including phenoxy) is 2. The molecule has 0 bridgehead atoms. The number of hydrogen-bond acceptors (Lipinski definition) is 4. The van der Waals surface area contributed by atoms with Crippen LogP contribution in [0.2, 0.25) is 0 Å². The fraction of sp³-hybridized carbons (Fsp3) is 0.286. The molecular formula is C14H12N2O2. The van der Waals surface area contributed by atoms with E-state index in [4.69, 9.17) is 9.47 Å². The smallest absolute Gasteiger partial charge is 0.284 e. The Morgan fingerprint density at radius 2 is 1.72 bits per heavy atom. The minimum absolute atomic E-state index is 0.495. The molecule has 0 spiro atoms. The van der Waals surface area contributed by atoms with Crippen molar-refractivity contribution < 1.29 is 9.47 Å². The van der Waals surface area contributed by atoms with Crippen LogP contribution in [-0.4, -0.2) is 11.8 Å². The molecule has 0 saturated carbocycles. The summed E-state index contributed by atoms with van der Waals surface area (Å²) in [6, 6.07) is 7.66. The maximum Gasteiger partial charge on any atom is 0.284 e. The predicted molar refractivity (Wildman–Crippen MR) is 68.2 cm³/mol. The van der Waals surface area contributed by atoms with Crippen molar-refractivity contribution in [1.29, 1.82) is 0 Å². The van der Waals surface area contributed by atoms with E-state index in [0.29, 0.717) is 11.8 Å². The monoisotopic (exact) mass is 240 g/mol. The highest BCUT2D eigenvalue weighted by Crippen LogP contribution is 2.35. The van der Waals surface area contributed by atoms with Gasteiger partial charge in [0.1, 0.15) is 11.4 Å². The van der Waals surface area contributed by atoms with Crippen molar-refractivity contribution in [2.24, 2.45) is 9.98 Å². The van der Waals surface area contributed by atoms with Gasteiger partial charge in [-0.3, -0.25) is 0 Å². The van der Waals surface area contributed by atoms with Crippen LogP contribution in [0.5, 0.6) is 5.75 Å². The summed E-state index contributed by atoms with van der Waals surface area (Å²) in [6.45, 7) is 0. The van der Waals surface area contributed by atoms with E-state index in [1.807, 2.05) is 24.3 Å². The quantitative estimate of drug-likeness (QED) is 0.698. The molecule has 2 aliphatic heterocycles. The lowest BCUT2D eigenvalue weighted by atomic mass is 10.0. The summed E-state index contributed by atoms with van der Waals surface area (Å²) in [5.41, 5.74) is 1.82. The van der Waals surface area contributed by atoms with E-state index in [0.717, 1.165) is 42.2 Å². The summed E-state index contributed by atoms with van der Waals surface area (Å²) in [6.07, 6.45) is 4.25. The van der Waals surface area contributed by atoms with Gasteiger partial charge in [-0.05, 0) is 31.4 Å². The lowest BCUT2D eigenvalue weighted by molar-refractivity contribution is 0.351. The zero-order chi connectivity index (χ0) is 11.9. The molecule has 4 rings (SSSR count). The number of para-hydroxylation sites is 2. The predicted octanol–water partition coefficient (Wildman–Crippen LogP) is 3.32. The standard InChI is InChI=1S/C14H12N2O2/c1-3-7-11-9(5-1)15-13-14(17-11)16-10-6-2-4-8-12(10)18-13/h1,3,5,7H,2,4,6,8H2. The number of benzene rings is 1. The fourth-order valence-electron chi connectivity index (χ4n) is 2.41. The van der Waals surface area contributed by atoms with Gasteiger partial charge in [-0.1, -0.05) is 12.1 Å². The molecule has 0 saturated heterocycles. The average molecular weight is 240 g/mol. The number of hydrogen-bond donors (Lipinski definition) is 0. The normalized spacial score (nSPS) is 20.7. The van der Waals surface area contributed by atoms with Crippen molar-refractivity contribution in [2.45, 2.75) is 25.7 Å². The lowest BCUT2D eigenvalue weighted by Gasteiger charge is -2.26. The first-order valence-corrected chi connectivity index (χ1v) is 6.25. The van der Waals surface area contributed by atoms with E-state index < -0.39 is 0 Å². The van der Waals surface area contributed by atoms with Crippen LogP contribution in [0.3, 0.4) is 0 Å². The molecule has 18 heavy (non-hydrogen) atoms. The van der Waals surface area contributed by atoms with Crippen molar-refractivity contribution in [2.75, 3.05) is 0 Å². The molecule has 0 aromatic heterocycles. The minimum Gasteiger partial charge on any atom is -0.437 e. The summed E-state index contributed by atoms with van der Waals surface area (Å²) < 4.78 is 11.6. The van der Waals surface area contributed by atoms with Crippen molar-refractivity contribution in [1.82, 2.24) is 0 Å². The number of fused-ring (bicyclic) bond motifs is 2. The van der Waals surface area contributed by atoms with E-state index in [-0.39, 0.29) is 0 Å². The van der Waals surface area contributed by atoms with Gasteiger partial charge in [-0.2, -0.15) is 0 Å². The Kier molecular flexibility index (Phi) is 2.03. The maximum atomic E-state index is 5.82. The highest BCUT2D eigenvalue weighted by molar-refractivity contribution is 6.38. The van der Waals surface area contributed by atoms with Crippen LogP contribution in [-0.2, 0) is 4.74 Å². The molecule has 4 nitrogen and oxygen atoms in total. The van der Waals surface area contributed by atoms with Crippen LogP contribution in [0.25, 0.3) is 0 Å². The van der Waals surface area contributed by atoms with Gasteiger partial charge in [0.05, 0.1) is 5.70 Å². The van der Waals surface area contributed by atoms with Gasteiger partial charge in [0.2, 0.25) is 0 Å². The Labute approximate surface area is 105 Å². The molecule has 4 heteroatoms. The van der Waals surface area contributed by atoms with Gasteiger partial charge in [-0.15, -0.1) is 0 Å². The molecule has 0 N–H and O–H groups in total. The molecule has 1 aromatic rings. The van der Waals surface area contributed by atoms with E-state index >= 15 is 0 Å². The van der Waals surface area contributed by atoms with Crippen LogP contribution < -0.4 is 4.74 Å². The molecule has 2 heterocycles. The van der Waals surface area contributed by atoms with Crippen LogP contribution in [0, 0.1) is 0 Å². The summed E-state index contributed by atoms with van der Waals surface area (Å²) in [4.78, 5) is 9.01. The zero-order valence-electron chi connectivity index (χ0n) is 9.85. The van der Waals surface area contributed by atoms with Gasteiger partial charge < -0.3 is 9.47 Å². The van der Waals surface area contributed by atoms with Crippen LogP contribution in [0.1, 0.15) is 25.7 Å². The SMILES string of the molecule is c1ccc2c(c1)N=C1OC3=C(CCCC3)N=C1O2. The van der Waals surface area contributed by atoms with Crippen molar-refractivity contribution in [3.63, 3.8) is 0 Å². The fourth-order valence-corrected chi connectivity index (χ4v) is 2.41. The third-order valence-corrected chi connectivity index (χ3v) is 3.32. The van der Waals surface area contributed by atoms with E-state index in [9.17, 15) is 0 Å². The Morgan fingerprint density at radius 3 is 2.72 bits per heavy atom. The number of aliphatic imine (C=N–C) groups is 2. The highest BCUT2D eigenvalue weighted by Gasteiger charge is 2.29. The molecule has 1 aromatic carbocycles. The molecule has 3 aliphatic rings. The minimum atomic E-state index is 0.495. The molecule has 0 amide bonds. The van der Waals surface area contributed by atoms with E-state index in [1.165, 1.54) is 6.42 Å². The third kappa shape index (κ3) is 1.45. The molecule has 0 radical (unpaired) electrons. The Bertz CT molecular complexity index is 614. The first-order valence-electron chi connectivity index (χ1n) is 6.25. The van der Waals surface area contributed by atoms with E-state index in [1.54, 1.807) is 0 Å². The van der Waals surface area contributed by atoms with Crippen LogP contribution in [0.4, 0.5) is 5.69 Å². The third-order valence-electron chi connectivity index (χ3n) is 3.32. The topological polar surface area (TPSA) is 43.2 Å². The summed E-state index contributed by atoms with van der Waals surface area (Å²) in [5, 5.41) is 0. The van der Waals surface area contributed by atoms with Gasteiger partial charge >= 0.3 is 0 Å². The first kappa shape index (κ1) is 9.88. The van der Waals surface area contributed by atoms with Gasteiger partial charge in [-0.25, -0.2) is 9.98 Å². The molecule has 90 valence electrons. The number of rotatable bonds is 0. The van der Waals surface area contributed by atoms with Crippen LogP contribution >= 0.6 is 0 Å². The van der Waals surface area contributed by atoms with Crippen LogP contribution in [0.15, 0.2) is 45.7 Å². The van der Waals surface area contributed by atoms with Gasteiger partial charge in [0.15, 0.2) is 5.75 Å². The highest BCUT2D eigenvalue weighted by atomic mass is 16.6. The van der Waals surface area contributed by atoms with Crippen molar-refractivity contribution >= 4 is 17.5 Å². The Hall–Kier alpha value is -2.10. The number of nitrogens with zero attached hydrogens (tertiary/aromatic N) is 2. The van der Waals surface area contributed by atoms with Crippen molar-refractivity contribution in [3.8, 4) is 5.75 Å². The molecule has 0 fully saturated rings. The number of allylic oxidation sites excluding steroid dienone is 2. The largest absolute Gasteiger partial charge is 0.437 e. The Balaban J connectivity index is 1.79. The van der Waals surface area contributed by atoms with Crippen molar-refractivity contribution in [3.05, 3.63) is 35.7 Å². The lowest BCUT2D eigenvalue weighted by Crippen LogP contribution is -2.30. The first-order chi connectivity index (χ1) is 8.90. The second-order valence-electron chi connectivity index (χ2n) is 4.58. The average Bonchev–Trinajstić information content (AvgIpc) is 2.42. The van der Waals surface area contributed by atoms with E-state index in [2.05, 4.69) is 9.98 Å². The Morgan fingerprint density at radius 1 is 0.889 bits per heavy atom. The summed E-state index contributed by atoms with van der Waals surface area (Å²) >= 11 is 0. The van der Waals surface area contributed by atoms with Gasteiger partial charge in [0, 0.05) is 6.42 Å². The molecule has 0 unspecified atom stereocenters. The molecule has 1 aliphatic carbocycles. The molecular weight excluding hydrogens is 228 g/mol.